The van der Waals surface area contributed by atoms with Crippen molar-refractivity contribution in [3.05, 3.63) is 70.1 Å². The van der Waals surface area contributed by atoms with Gasteiger partial charge in [-0.3, -0.25) is 9.59 Å². The zero-order valence-corrected chi connectivity index (χ0v) is 12.3. The number of rotatable bonds is 2. The number of hydrogen-bond acceptors (Lipinski definition) is 4. The minimum Gasteiger partial charge on any atom is -0.321 e. The molecule has 0 atom stereocenters. The van der Waals surface area contributed by atoms with Gasteiger partial charge in [-0.25, -0.2) is 4.68 Å². The van der Waals surface area contributed by atoms with Crippen LogP contribution in [-0.4, -0.2) is 15.7 Å². The van der Waals surface area contributed by atoms with Gasteiger partial charge in [0.2, 0.25) is 0 Å². The Morgan fingerprint density at radius 2 is 1.91 bits per heavy atom. The molecule has 0 saturated heterocycles. The summed E-state index contributed by atoms with van der Waals surface area (Å²) >= 11 is 0. The van der Waals surface area contributed by atoms with Gasteiger partial charge in [0.25, 0.3) is 11.5 Å². The van der Waals surface area contributed by atoms with E-state index in [1.807, 2.05) is 6.07 Å². The van der Waals surface area contributed by atoms with Crippen LogP contribution in [0.5, 0.6) is 0 Å². The third-order valence-corrected chi connectivity index (χ3v) is 3.42. The van der Waals surface area contributed by atoms with Crippen molar-refractivity contribution in [1.82, 2.24) is 9.78 Å². The van der Waals surface area contributed by atoms with Crippen LogP contribution < -0.4 is 10.9 Å². The van der Waals surface area contributed by atoms with Gasteiger partial charge in [0.15, 0.2) is 5.69 Å². The summed E-state index contributed by atoms with van der Waals surface area (Å²) in [6.45, 7) is 0. The van der Waals surface area contributed by atoms with E-state index in [1.165, 1.54) is 7.05 Å². The molecule has 6 heteroatoms. The van der Waals surface area contributed by atoms with Gasteiger partial charge in [0.05, 0.1) is 17.0 Å². The van der Waals surface area contributed by atoms with Crippen molar-refractivity contribution in [2.24, 2.45) is 7.05 Å². The van der Waals surface area contributed by atoms with Gasteiger partial charge in [-0.1, -0.05) is 24.3 Å². The van der Waals surface area contributed by atoms with Crippen LogP contribution >= 0.6 is 0 Å². The molecule has 0 aliphatic rings. The van der Waals surface area contributed by atoms with Gasteiger partial charge in [0.1, 0.15) is 0 Å². The van der Waals surface area contributed by atoms with Crippen molar-refractivity contribution >= 4 is 22.4 Å². The van der Waals surface area contributed by atoms with Crippen molar-refractivity contribution in [3.63, 3.8) is 0 Å². The molecular formula is C17H12N4O2. The summed E-state index contributed by atoms with van der Waals surface area (Å²) < 4.78 is 1.14. The number of carbonyl (C=O) groups is 1. The van der Waals surface area contributed by atoms with Gasteiger partial charge in [-0.2, -0.15) is 10.4 Å². The second-order valence-electron chi connectivity index (χ2n) is 4.97. The minimum atomic E-state index is -0.438. The quantitative estimate of drug-likeness (QED) is 0.785. The van der Waals surface area contributed by atoms with E-state index in [4.69, 9.17) is 5.26 Å². The number of anilines is 1. The first kappa shape index (κ1) is 14.5. The first-order valence-electron chi connectivity index (χ1n) is 6.87. The number of hydrogen-bond donors (Lipinski definition) is 1. The van der Waals surface area contributed by atoms with E-state index in [2.05, 4.69) is 10.4 Å². The zero-order valence-electron chi connectivity index (χ0n) is 12.3. The number of amides is 1. The molecule has 1 heterocycles. The monoisotopic (exact) mass is 304 g/mol. The molecule has 2 aromatic carbocycles. The first-order valence-corrected chi connectivity index (χ1v) is 6.87. The number of aromatic nitrogens is 2. The van der Waals surface area contributed by atoms with E-state index in [0.717, 1.165) is 4.68 Å². The lowest BCUT2D eigenvalue weighted by molar-refractivity contribution is 0.102. The van der Waals surface area contributed by atoms with Gasteiger partial charge in [-0.05, 0) is 24.3 Å². The Kier molecular flexibility index (Phi) is 3.61. The summed E-state index contributed by atoms with van der Waals surface area (Å²) in [6, 6.07) is 15.4. The molecule has 3 aromatic rings. The topological polar surface area (TPSA) is 87.8 Å². The molecule has 6 nitrogen and oxygen atoms in total. The highest BCUT2D eigenvalue weighted by Gasteiger charge is 2.15. The molecule has 112 valence electrons. The molecule has 1 amide bonds. The molecule has 0 spiro atoms. The second-order valence-corrected chi connectivity index (χ2v) is 4.97. The summed E-state index contributed by atoms with van der Waals surface area (Å²) in [4.78, 5) is 24.6. The van der Waals surface area contributed by atoms with Crippen molar-refractivity contribution in [2.45, 2.75) is 0 Å². The highest BCUT2D eigenvalue weighted by molar-refractivity contribution is 6.11. The lowest BCUT2D eigenvalue weighted by Gasteiger charge is -2.09. The summed E-state index contributed by atoms with van der Waals surface area (Å²) in [6.07, 6.45) is 0. The molecule has 0 radical (unpaired) electrons. The molecule has 23 heavy (non-hydrogen) atoms. The fourth-order valence-corrected chi connectivity index (χ4v) is 2.32. The van der Waals surface area contributed by atoms with E-state index >= 15 is 0 Å². The van der Waals surface area contributed by atoms with Gasteiger partial charge < -0.3 is 5.32 Å². The number of benzene rings is 2. The maximum atomic E-state index is 12.5. The first-order chi connectivity index (χ1) is 11.1. The Hall–Kier alpha value is -3.46. The van der Waals surface area contributed by atoms with E-state index in [-0.39, 0.29) is 11.3 Å². The fraction of sp³-hybridized carbons (Fsp3) is 0.0588. The maximum absolute atomic E-state index is 12.5. The van der Waals surface area contributed by atoms with Crippen LogP contribution in [0.2, 0.25) is 0 Å². The van der Waals surface area contributed by atoms with E-state index in [1.54, 1.807) is 48.5 Å². The highest BCUT2D eigenvalue weighted by Crippen LogP contribution is 2.16. The standard InChI is InChI=1S/C17H12N4O2/c1-21-17(23)14-8-3-2-7-13(14)15(20-21)16(22)19-12-6-4-5-11(9-12)10-18/h2-9H,1H3,(H,19,22). The predicted octanol–water partition coefficient (Wildman–Crippen LogP) is 2.06. The highest BCUT2D eigenvalue weighted by atomic mass is 16.2. The molecule has 0 bridgehead atoms. The number of fused-ring (bicyclic) bond motifs is 1. The van der Waals surface area contributed by atoms with Crippen LogP contribution in [0.15, 0.2) is 53.3 Å². The molecule has 0 aliphatic heterocycles. The molecule has 0 saturated carbocycles. The average Bonchev–Trinajstić information content (AvgIpc) is 2.58. The molecule has 1 N–H and O–H groups in total. The number of nitriles is 1. The third kappa shape index (κ3) is 2.68. The van der Waals surface area contributed by atoms with Crippen molar-refractivity contribution in [1.29, 1.82) is 5.26 Å². The van der Waals surface area contributed by atoms with Crippen molar-refractivity contribution < 1.29 is 4.79 Å². The van der Waals surface area contributed by atoms with Crippen LogP contribution in [0.3, 0.4) is 0 Å². The summed E-state index contributed by atoms with van der Waals surface area (Å²) in [5.41, 5.74) is 0.837. The van der Waals surface area contributed by atoms with Crippen LogP contribution in [0, 0.1) is 11.3 Å². The molecule has 0 unspecified atom stereocenters. The van der Waals surface area contributed by atoms with Crippen LogP contribution in [0.25, 0.3) is 10.8 Å². The Balaban J connectivity index is 2.06. The average molecular weight is 304 g/mol. The Morgan fingerprint density at radius 3 is 2.65 bits per heavy atom. The van der Waals surface area contributed by atoms with Crippen molar-refractivity contribution in [2.75, 3.05) is 5.32 Å². The van der Waals surface area contributed by atoms with Crippen LogP contribution in [0.4, 0.5) is 5.69 Å². The Morgan fingerprint density at radius 1 is 1.17 bits per heavy atom. The lowest BCUT2D eigenvalue weighted by Crippen LogP contribution is -2.25. The SMILES string of the molecule is Cn1nc(C(=O)Nc2cccc(C#N)c2)c2ccccc2c1=O. The third-order valence-electron chi connectivity index (χ3n) is 3.42. The summed E-state index contributed by atoms with van der Waals surface area (Å²) in [5, 5.41) is 16.6. The van der Waals surface area contributed by atoms with Gasteiger partial charge >= 0.3 is 0 Å². The van der Waals surface area contributed by atoms with Crippen LogP contribution in [0.1, 0.15) is 16.1 Å². The van der Waals surface area contributed by atoms with E-state index in [0.29, 0.717) is 22.0 Å². The number of carbonyl (C=O) groups excluding carboxylic acids is 1. The fourth-order valence-electron chi connectivity index (χ4n) is 2.32. The van der Waals surface area contributed by atoms with E-state index < -0.39 is 5.91 Å². The Labute approximate surface area is 131 Å². The number of nitrogens with one attached hydrogen (secondary N) is 1. The maximum Gasteiger partial charge on any atom is 0.276 e. The summed E-state index contributed by atoms with van der Waals surface area (Å²) in [5.74, 6) is -0.438. The molecule has 0 fully saturated rings. The lowest BCUT2D eigenvalue weighted by atomic mass is 10.1. The predicted molar refractivity (Wildman–Crippen MR) is 86.1 cm³/mol. The smallest absolute Gasteiger partial charge is 0.276 e. The minimum absolute atomic E-state index is 0.157. The van der Waals surface area contributed by atoms with Gasteiger partial charge in [-0.15, -0.1) is 0 Å². The molecular weight excluding hydrogens is 292 g/mol. The van der Waals surface area contributed by atoms with Crippen LogP contribution in [-0.2, 0) is 7.05 Å². The van der Waals surface area contributed by atoms with E-state index in [9.17, 15) is 9.59 Å². The number of aryl methyl sites for hydroxylation is 1. The Bertz CT molecular complexity index is 1020. The normalized spacial score (nSPS) is 10.3. The zero-order chi connectivity index (χ0) is 16.4. The van der Waals surface area contributed by atoms with Crippen molar-refractivity contribution in [3.8, 4) is 6.07 Å². The number of nitrogens with zero attached hydrogens (tertiary/aromatic N) is 3. The van der Waals surface area contributed by atoms with Gasteiger partial charge in [0, 0.05) is 18.1 Å². The molecule has 0 aliphatic carbocycles. The summed E-state index contributed by atoms with van der Waals surface area (Å²) in [7, 11) is 1.50. The largest absolute Gasteiger partial charge is 0.321 e. The second kappa shape index (κ2) is 5.73. The molecule has 1 aromatic heterocycles. The molecule has 3 rings (SSSR count).